The SMILES string of the molecule is N#CCC1Cc2cc3c(cc2NC1=O)OCO3. The largest absolute Gasteiger partial charge is 0.454 e. The molecule has 0 aromatic heterocycles. The summed E-state index contributed by atoms with van der Waals surface area (Å²) in [6, 6.07) is 5.69. The van der Waals surface area contributed by atoms with E-state index in [-0.39, 0.29) is 25.0 Å². The molecule has 17 heavy (non-hydrogen) atoms. The molecule has 1 unspecified atom stereocenters. The van der Waals surface area contributed by atoms with Gasteiger partial charge in [-0.1, -0.05) is 0 Å². The van der Waals surface area contributed by atoms with Crippen LogP contribution < -0.4 is 14.8 Å². The van der Waals surface area contributed by atoms with Crippen molar-refractivity contribution in [1.82, 2.24) is 0 Å². The predicted octanol–water partition coefficient (Wildman–Crippen LogP) is 1.44. The van der Waals surface area contributed by atoms with Gasteiger partial charge in [-0.15, -0.1) is 0 Å². The third-order valence-electron chi connectivity index (χ3n) is 3.03. The Morgan fingerprint density at radius 3 is 2.94 bits per heavy atom. The molecule has 0 saturated carbocycles. The third-order valence-corrected chi connectivity index (χ3v) is 3.03. The van der Waals surface area contributed by atoms with Gasteiger partial charge in [0.2, 0.25) is 12.7 Å². The maximum absolute atomic E-state index is 11.7. The standard InChI is InChI=1S/C12H10N2O3/c13-2-1-7-3-8-4-10-11(17-6-16-10)5-9(8)14-12(7)15/h4-5,7H,1,3,6H2,(H,14,15). The molecule has 5 nitrogen and oxygen atoms in total. The molecule has 0 fully saturated rings. The fourth-order valence-electron chi connectivity index (χ4n) is 2.14. The Balaban J connectivity index is 1.97. The topological polar surface area (TPSA) is 71.4 Å². The fourth-order valence-corrected chi connectivity index (χ4v) is 2.14. The first-order chi connectivity index (χ1) is 8.28. The van der Waals surface area contributed by atoms with E-state index in [4.69, 9.17) is 14.7 Å². The summed E-state index contributed by atoms with van der Waals surface area (Å²) >= 11 is 0. The number of fused-ring (bicyclic) bond motifs is 2. The second-order valence-electron chi connectivity index (χ2n) is 4.12. The Kier molecular flexibility index (Phi) is 2.15. The molecule has 0 spiro atoms. The van der Waals surface area contributed by atoms with Crippen LogP contribution in [-0.4, -0.2) is 12.7 Å². The van der Waals surface area contributed by atoms with E-state index in [1.807, 2.05) is 12.1 Å². The molecule has 2 aliphatic heterocycles. The van der Waals surface area contributed by atoms with Crippen LogP contribution in [0.1, 0.15) is 12.0 Å². The van der Waals surface area contributed by atoms with Crippen molar-refractivity contribution in [2.24, 2.45) is 5.92 Å². The van der Waals surface area contributed by atoms with Gasteiger partial charge in [0.15, 0.2) is 11.5 Å². The van der Waals surface area contributed by atoms with Crippen molar-refractivity contribution in [2.75, 3.05) is 12.1 Å². The van der Waals surface area contributed by atoms with E-state index >= 15 is 0 Å². The van der Waals surface area contributed by atoms with Crippen molar-refractivity contribution in [2.45, 2.75) is 12.8 Å². The molecule has 1 atom stereocenters. The molecule has 3 rings (SSSR count). The number of ether oxygens (including phenoxy) is 2. The highest BCUT2D eigenvalue weighted by atomic mass is 16.7. The lowest BCUT2D eigenvalue weighted by Gasteiger charge is -2.23. The van der Waals surface area contributed by atoms with Gasteiger partial charge < -0.3 is 14.8 Å². The van der Waals surface area contributed by atoms with Crippen molar-refractivity contribution in [1.29, 1.82) is 5.26 Å². The zero-order chi connectivity index (χ0) is 11.8. The van der Waals surface area contributed by atoms with Crippen LogP contribution in [0.4, 0.5) is 5.69 Å². The van der Waals surface area contributed by atoms with E-state index in [2.05, 4.69) is 5.32 Å². The van der Waals surface area contributed by atoms with E-state index < -0.39 is 0 Å². The average molecular weight is 230 g/mol. The zero-order valence-electron chi connectivity index (χ0n) is 9.03. The van der Waals surface area contributed by atoms with Gasteiger partial charge in [-0.25, -0.2) is 0 Å². The molecule has 0 radical (unpaired) electrons. The van der Waals surface area contributed by atoms with Crippen LogP contribution in [0.25, 0.3) is 0 Å². The lowest BCUT2D eigenvalue weighted by atomic mass is 9.91. The number of carbonyl (C=O) groups is 1. The summed E-state index contributed by atoms with van der Waals surface area (Å²) < 4.78 is 10.5. The molecule has 86 valence electrons. The summed E-state index contributed by atoms with van der Waals surface area (Å²) in [5.74, 6) is 0.990. The van der Waals surface area contributed by atoms with Crippen LogP contribution in [0.2, 0.25) is 0 Å². The summed E-state index contributed by atoms with van der Waals surface area (Å²) in [6.07, 6.45) is 0.811. The number of rotatable bonds is 1. The van der Waals surface area contributed by atoms with Crippen molar-refractivity contribution in [3.8, 4) is 17.6 Å². The van der Waals surface area contributed by atoms with Gasteiger partial charge in [-0.3, -0.25) is 4.79 Å². The van der Waals surface area contributed by atoms with Crippen molar-refractivity contribution in [3.63, 3.8) is 0 Å². The normalized spacial score (nSPS) is 20.4. The van der Waals surface area contributed by atoms with E-state index in [1.165, 1.54) is 0 Å². The average Bonchev–Trinajstić information content (AvgIpc) is 2.74. The summed E-state index contributed by atoms with van der Waals surface area (Å²) in [5.41, 5.74) is 1.75. The van der Waals surface area contributed by atoms with Crippen LogP contribution in [0.15, 0.2) is 12.1 Å². The second-order valence-corrected chi connectivity index (χ2v) is 4.12. The smallest absolute Gasteiger partial charge is 0.231 e. The summed E-state index contributed by atoms with van der Waals surface area (Å²) in [6.45, 7) is 0.216. The van der Waals surface area contributed by atoms with Crippen LogP contribution in [-0.2, 0) is 11.2 Å². The minimum Gasteiger partial charge on any atom is -0.454 e. The molecule has 1 aromatic rings. The molecular formula is C12H10N2O3. The van der Waals surface area contributed by atoms with Crippen molar-refractivity contribution in [3.05, 3.63) is 17.7 Å². The molecule has 0 bridgehead atoms. The highest BCUT2D eigenvalue weighted by Crippen LogP contribution is 2.39. The molecule has 1 amide bonds. The first-order valence-electron chi connectivity index (χ1n) is 5.38. The van der Waals surface area contributed by atoms with Gasteiger partial charge in [0.05, 0.1) is 12.0 Å². The van der Waals surface area contributed by atoms with E-state index in [0.717, 1.165) is 11.3 Å². The molecular weight excluding hydrogens is 220 g/mol. The lowest BCUT2D eigenvalue weighted by Crippen LogP contribution is -2.29. The van der Waals surface area contributed by atoms with Crippen LogP contribution in [0.5, 0.6) is 11.5 Å². The third kappa shape index (κ3) is 1.58. The van der Waals surface area contributed by atoms with E-state index in [1.54, 1.807) is 6.07 Å². The molecule has 1 aromatic carbocycles. The maximum atomic E-state index is 11.7. The number of nitriles is 1. The minimum atomic E-state index is -0.270. The number of nitrogens with one attached hydrogen (secondary N) is 1. The Morgan fingerprint density at radius 2 is 2.18 bits per heavy atom. The molecule has 1 N–H and O–H groups in total. The van der Waals surface area contributed by atoms with Crippen LogP contribution >= 0.6 is 0 Å². The van der Waals surface area contributed by atoms with Gasteiger partial charge in [-0.05, 0) is 18.1 Å². The molecule has 0 aliphatic carbocycles. The quantitative estimate of drug-likeness (QED) is 0.792. The van der Waals surface area contributed by atoms with Crippen LogP contribution in [0, 0.1) is 17.2 Å². The van der Waals surface area contributed by atoms with Gasteiger partial charge in [0.1, 0.15) is 0 Å². The van der Waals surface area contributed by atoms with E-state index in [0.29, 0.717) is 17.9 Å². The number of hydrogen-bond donors (Lipinski definition) is 1. The van der Waals surface area contributed by atoms with Gasteiger partial charge >= 0.3 is 0 Å². The molecule has 2 heterocycles. The van der Waals surface area contributed by atoms with E-state index in [9.17, 15) is 4.79 Å². The fraction of sp³-hybridized carbons (Fsp3) is 0.333. The Bertz CT molecular complexity index is 533. The van der Waals surface area contributed by atoms with Gasteiger partial charge in [0.25, 0.3) is 0 Å². The van der Waals surface area contributed by atoms with Gasteiger partial charge in [-0.2, -0.15) is 5.26 Å². The summed E-state index contributed by atoms with van der Waals surface area (Å²) in [5, 5.41) is 11.5. The zero-order valence-corrected chi connectivity index (χ0v) is 9.03. The Labute approximate surface area is 97.9 Å². The number of nitrogens with zero attached hydrogens (tertiary/aromatic N) is 1. The highest BCUT2D eigenvalue weighted by molar-refractivity contribution is 5.96. The Hall–Kier alpha value is -2.22. The highest BCUT2D eigenvalue weighted by Gasteiger charge is 2.28. The Morgan fingerprint density at radius 1 is 1.41 bits per heavy atom. The number of hydrogen-bond acceptors (Lipinski definition) is 4. The lowest BCUT2D eigenvalue weighted by molar-refractivity contribution is -0.120. The molecule has 2 aliphatic rings. The molecule has 0 saturated heterocycles. The summed E-state index contributed by atoms with van der Waals surface area (Å²) in [7, 11) is 0. The number of anilines is 1. The van der Waals surface area contributed by atoms with Crippen LogP contribution in [0.3, 0.4) is 0 Å². The minimum absolute atomic E-state index is 0.0992. The number of benzene rings is 1. The second kappa shape index (κ2) is 3.67. The molecule has 5 heteroatoms. The first kappa shape index (κ1) is 9.97. The maximum Gasteiger partial charge on any atom is 0.231 e. The van der Waals surface area contributed by atoms with Crippen molar-refractivity contribution >= 4 is 11.6 Å². The predicted molar refractivity (Wildman–Crippen MR) is 58.6 cm³/mol. The van der Waals surface area contributed by atoms with Gasteiger partial charge in [0, 0.05) is 18.2 Å². The number of carbonyl (C=O) groups excluding carboxylic acids is 1. The first-order valence-corrected chi connectivity index (χ1v) is 5.38. The van der Waals surface area contributed by atoms with Crippen molar-refractivity contribution < 1.29 is 14.3 Å². The number of amides is 1. The summed E-state index contributed by atoms with van der Waals surface area (Å²) in [4.78, 5) is 11.7. The monoisotopic (exact) mass is 230 g/mol.